The SMILES string of the molecule is CC(C)(C)OC(=O)N1CCc2nc(Oc3ccc(F)cc3)ccc2C1. The number of halogens is 1. The lowest BCUT2D eigenvalue weighted by molar-refractivity contribution is 0.0222. The zero-order valence-corrected chi connectivity index (χ0v) is 14.6. The second kappa shape index (κ2) is 6.70. The van der Waals surface area contributed by atoms with Crippen molar-refractivity contribution in [2.24, 2.45) is 0 Å². The Morgan fingerprint density at radius 1 is 1.16 bits per heavy atom. The number of fused-ring (bicyclic) bond motifs is 1. The Morgan fingerprint density at radius 3 is 2.56 bits per heavy atom. The van der Waals surface area contributed by atoms with Crippen molar-refractivity contribution in [2.45, 2.75) is 39.3 Å². The van der Waals surface area contributed by atoms with Gasteiger partial charge in [0.05, 0.1) is 12.2 Å². The predicted octanol–water partition coefficient (Wildman–Crippen LogP) is 4.31. The molecule has 0 aliphatic carbocycles. The van der Waals surface area contributed by atoms with E-state index >= 15 is 0 Å². The van der Waals surface area contributed by atoms with E-state index in [0.29, 0.717) is 31.1 Å². The molecule has 0 saturated heterocycles. The average Bonchev–Trinajstić information content (AvgIpc) is 2.55. The second-order valence-electron chi connectivity index (χ2n) is 6.96. The first kappa shape index (κ1) is 17.2. The lowest BCUT2D eigenvalue weighted by atomic mass is 10.1. The predicted molar refractivity (Wildman–Crippen MR) is 91.1 cm³/mol. The number of benzene rings is 1. The molecule has 2 heterocycles. The smallest absolute Gasteiger partial charge is 0.410 e. The number of aromatic nitrogens is 1. The van der Waals surface area contributed by atoms with Crippen molar-refractivity contribution in [2.75, 3.05) is 6.54 Å². The van der Waals surface area contributed by atoms with Crippen LogP contribution in [0.5, 0.6) is 11.6 Å². The number of hydrogen-bond acceptors (Lipinski definition) is 4. The van der Waals surface area contributed by atoms with E-state index in [-0.39, 0.29) is 11.9 Å². The third-order valence-corrected chi connectivity index (χ3v) is 3.71. The van der Waals surface area contributed by atoms with Gasteiger partial charge in [-0.15, -0.1) is 0 Å². The maximum absolute atomic E-state index is 12.9. The molecule has 2 aromatic rings. The molecular weight excluding hydrogens is 323 g/mol. The van der Waals surface area contributed by atoms with Crippen LogP contribution in [0.4, 0.5) is 9.18 Å². The highest BCUT2D eigenvalue weighted by molar-refractivity contribution is 5.68. The zero-order chi connectivity index (χ0) is 18.0. The third-order valence-electron chi connectivity index (χ3n) is 3.71. The first-order valence-corrected chi connectivity index (χ1v) is 8.20. The number of nitrogens with zero attached hydrogens (tertiary/aromatic N) is 2. The molecule has 25 heavy (non-hydrogen) atoms. The summed E-state index contributed by atoms with van der Waals surface area (Å²) < 4.78 is 24.0. The Kier molecular flexibility index (Phi) is 4.61. The Hall–Kier alpha value is -2.63. The lowest BCUT2D eigenvalue weighted by Gasteiger charge is -2.30. The highest BCUT2D eigenvalue weighted by Crippen LogP contribution is 2.25. The molecule has 0 radical (unpaired) electrons. The molecule has 0 spiro atoms. The average molecular weight is 344 g/mol. The van der Waals surface area contributed by atoms with Crippen LogP contribution in [0.3, 0.4) is 0 Å². The van der Waals surface area contributed by atoms with Crippen LogP contribution in [0.2, 0.25) is 0 Å². The highest BCUT2D eigenvalue weighted by Gasteiger charge is 2.26. The maximum Gasteiger partial charge on any atom is 0.410 e. The van der Waals surface area contributed by atoms with Gasteiger partial charge in [-0.2, -0.15) is 0 Å². The van der Waals surface area contributed by atoms with Crippen molar-refractivity contribution in [3.63, 3.8) is 0 Å². The Balaban J connectivity index is 1.69. The van der Waals surface area contributed by atoms with E-state index in [2.05, 4.69) is 4.98 Å². The standard InChI is InChI=1S/C19H21FN2O3/c1-19(2,3)25-18(23)22-11-10-16-13(12-22)4-9-17(21-16)24-15-7-5-14(20)6-8-15/h4-9H,10-12H2,1-3H3. The Labute approximate surface area is 146 Å². The van der Waals surface area contributed by atoms with Gasteiger partial charge in [0.15, 0.2) is 0 Å². The van der Waals surface area contributed by atoms with Crippen LogP contribution in [-0.2, 0) is 17.7 Å². The summed E-state index contributed by atoms with van der Waals surface area (Å²) in [6.45, 7) is 6.57. The maximum atomic E-state index is 12.9. The summed E-state index contributed by atoms with van der Waals surface area (Å²) in [4.78, 5) is 18.4. The number of hydrogen-bond donors (Lipinski definition) is 0. The molecule has 132 valence electrons. The van der Waals surface area contributed by atoms with Gasteiger partial charge in [-0.3, -0.25) is 0 Å². The fourth-order valence-electron chi connectivity index (χ4n) is 2.56. The van der Waals surface area contributed by atoms with Gasteiger partial charge >= 0.3 is 6.09 Å². The fourth-order valence-corrected chi connectivity index (χ4v) is 2.56. The molecule has 1 amide bonds. The minimum Gasteiger partial charge on any atom is -0.444 e. The summed E-state index contributed by atoms with van der Waals surface area (Å²) in [7, 11) is 0. The molecule has 3 rings (SSSR count). The zero-order valence-electron chi connectivity index (χ0n) is 14.6. The van der Waals surface area contributed by atoms with Crippen molar-refractivity contribution in [1.82, 2.24) is 9.88 Å². The molecule has 1 aliphatic rings. The molecule has 0 fully saturated rings. The van der Waals surface area contributed by atoms with Crippen LogP contribution in [0, 0.1) is 5.82 Å². The number of carbonyl (C=O) groups excluding carboxylic acids is 1. The topological polar surface area (TPSA) is 51.7 Å². The summed E-state index contributed by atoms with van der Waals surface area (Å²) in [5.74, 6) is 0.670. The number of amides is 1. The number of pyridine rings is 1. The van der Waals surface area contributed by atoms with Gasteiger partial charge in [-0.25, -0.2) is 14.2 Å². The largest absolute Gasteiger partial charge is 0.444 e. The minimum atomic E-state index is -0.511. The Bertz CT molecular complexity index is 769. The van der Waals surface area contributed by atoms with Crippen molar-refractivity contribution in [3.8, 4) is 11.6 Å². The number of ether oxygens (including phenoxy) is 2. The van der Waals surface area contributed by atoms with Gasteiger partial charge in [-0.05, 0) is 50.6 Å². The summed E-state index contributed by atoms with van der Waals surface area (Å²) in [6.07, 6.45) is 0.319. The summed E-state index contributed by atoms with van der Waals surface area (Å²) in [6, 6.07) is 9.44. The van der Waals surface area contributed by atoms with Gasteiger partial charge in [0.1, 0.15) is 17.2 Å². The first-order valence-electron chi connectivity index (χ1n) is 8.20. The summed E-state index contributed by atoms with van der Waals surface area (Å²) in [5, 5.41) is 0. The number of rotatable bonds is 2. The lowest BCUT2D eigenvalue weighted by Crippen LogP contribution is -2.40. The van der Waals surface area contributed by atoms with Gasteiger partial charge in [-0.1, -0.05) is 6.07 Å². The van der Waals surface area contributed by atoms with Crippen molar-refractivity contribution in [1.29, 1.82) is 0 Å². The first-order chi connectivity index (χ1) is 11.8. The quantitative estimate of drug-likeness (QED) is 0.815. The molecule has 1 aromatic heterocycles. The van der Waals surface area contributed by atoms with E-state index in [0.717, 1.165) is 11.3 Å². The van der Waals surface area contributed by atoms with Crippen molar-refractivity contribution < 1.29 is 18.7 Å². The normalized spacial score (nSPS) is 14.0. The van der Waals surface area contributed by atoms with Gasteiger partial charge in [0.25, 0.3) is 0 Å². The molecule has 0 bridgehead atoms. The summed E-state index contributed by atoms with van der Waals surface area (Å²) >= 11 is 0. The van der Waals surface area contributed by atoms with E-state index in [9.17, 15) is 9.18 Å². The minimum absolute atomic E-state index is 0.312. The van der Waals surface area contributed by atoms with Crippen molar-refractivity contribution in [3.05, 3.63) is 53.5 Å². The third kappa shape index (κ3) is 4.47. The summed E-state index contributed by atoms with van der Waals surface area (Å²) in [5.41, 5.74) is 1.37. The molecule has 0 atom stereocenters. The van der Waals surface area contributed by atoms with Gasteiger partial charge in [0.2, 0.25) is 5.88 Å². The molecule has 0 N–H and O–H groups in total. The van der Waals surface area contributed by atoms with Crippen LogP contribution in [0.1, 0.15) is 32.0 Å². The van der Waals surface area contributed by atoms with Crippen LogP contribution in [0.15, 0.2) is 36.4 Å². The van der Waals surface area contributed by atoms with Crippen LogP contribution < -0.4 is 4.74 Å². The monoisotopic (exact) mass is 344 g/mol. The molecule has 5 nitrogen and oxygen atoms in total. The van der Waals surface area contributed by atoms with E-state index in [1.807, 2.05) is 26.8 Å². The van der Waals surface area contributed by atoms with Crippen molar-refractivity contribution >= 4 is 6.09 Å². The molecule has 0 saturated carbocycles. The Morgan fingerprint density at radius 2 is 1.88 bits per heavy atom. The molecule has 6 heteroatoms. The molecular formula is C19H21FN2O3. The van der Waals surface area contributed by atoms with Crippen LogP contribution in [0.25, 0.3) is 0 Å². The van der Waals surface area contributed by atoms with E-state index in [1.165, 1.54) is 12.1 Å². The molecule has 0 unspecified atom stereocenters. The molecule has 1 aromatic carbocycles. The van der Waals surface area contributed by atoms with Crippen LogP contribution in [-0.4, -0.2) is 28.1 Å². The van der Waals surface area contributed by atoms with E-state index in [4.69, 9.17) is 9.47 Å². The molecule has 1 aliphatic heterocycles. The fraction of sp³-hybridized carbons (Fsp3) is 0.368. The highest BCUT2D eigenvalue weighted by atomic mass is 19.1. The number of carbonyl (C=O) groups is 1. The second-order valence-corrected chi connectivity index (χ2v) is 6.96. The van der Waals surface area contributed by atoms with Gasteiger partial charge in [0, 0.05) is 19.0 Å². The van der Waals surface area contributed by atoms with E-state index < -0.39 is 5.60 Å². The van der Waals surface area contributed by atoms with Crippen LogP contribution >= 0.6 is 0 Å². The van der Waals surface area contributed by atoms with Gasteiger partial charge < -0.3 is 14.4 Å². The van der Waals surface area contributed by atoms with E-state index in [1.54, 1.807) is 23.1 Å².